The molecule has 4 N–H and O–H groups in total. The van der Waals surface area contributed by atoms with Gasteiger partial charge in [-0.25, -0.2) is 4.98 Å². The summed E-state index contributed by atoms with van der Waals surface area (Å²) in [5, 5.41) is 14.3. The number of carboxylic acid groups (broad SMARTS) is 1. The molecule has 0 bridgehead atoms. The summed E-state index contributed by atoms with van der Waals surface area (Å²) in [6.07, 6.45) is -0.143. The van der Waals surface area contributed by atoms with Crippen molar-refractivity contribution in [3.8, 4) is 0 Å². The zero-order chi connectivity index (χ0) is 19.6. The molecule has 1 aromatic carbocycles. The molecule has 0 aliphatic heterocycles. The summed E-state index contributed by atoms with van der Waals surface area (Å²) in [7, 11) is 0. The maximum absolute atomic E-state index is 12.3. The molecular weight excluding hydrogens is 504 g/mol. The number of aromatic amines is 1. The zero-order valence-electron chi connectivity index (χ0n) is 13.5. The van der Waals surface area contributed by atoms with Crippen LogP contribution in [0, 0.1) is 0 Å². The number of carbonyl (C=O) groups excluding carboxylic acids is 2. The molecule has 0 saturated heterocycles. The van der Waals surface area contributed by atoms with E-state index in [4.69, 9.17) is 5.11 Å². The number of thiazole rings is 1. The summed E-state index contributed by atoms with van der Waals surface area (Å²) in [4.78, 5) is 42.1. The minimum Gasteiger partial charge on any atom is -0.481 e. The number of hydrogen-bond acceptors (Lipinski definition) is 5. The van der Waals surface area contributed by atoms with Gasteiger partial charge in [-0.1, -0.05) is 11.3 Å². The van der Waals surface area contributed by atoms with Crippen LogP contribution >= 0.6 is 43.2 Å². The van der Waals surface area contributed by atoms with E-state index in [2.05, 4.69) is 52.5 Å². The van der Waals surface area contributed by atoms with E-state index in [1.165, 1.54) is 11.3 Å². The second kappa shape index (κ2) is 8.19. The summed E-state index contributed by atoms with van der Waals surface area (Å²) in [6, 6.07) is 6.57. The van der Waals surface area contributed by atoms with E-state index >= 15 is 0 Å². The van der Waals surface area contributed by atoms with Crippen molar-refractivity contribution in [3.05, 3.63) is 44.6 Å². The summed E-state index contributed by atoms with van der Waals surface area (Å²) in [5.74, 6) is -1.68. The average Bonchev–Trinajstić information content (AvgIpc) is 3.16. The maximum atomic E-state index is 12.3. The van der Waals surface area contributed by atoms with E-state index in [0.717, 1.165) is 9.17 Å². The minimum atomic E-state index is -0.977. The highest BCUT2D eigenvalue weighted by atomic mass is 79.9. The van der Waals surface area contributed by atoms with Crippen LogP contribution in [0.3, 0.4) is 0 Å². The van der Waals surface area contributed by atoms with Gasteiger partial charge in [-0.3, -0.25) is 19.7 Å². The largest absolute Gasteiger partial charge is 0.481 e. The molecular formula is C16H12Br2N4O4S. The monoisotopic (exact) mass is 514 g/mol. The van der Waals surface area contributed by atoms with Gasteiger partial charge in [0.2, 0.25) is 0 Å². The van der Waals surface area contributed by atoms with Crippen molar-refractivity contribution in [1.82, 2.24) is 15.3 Å². The number of fused-ring (bicyclic) bond motifs is 1. The van der Waals surface area contributed by atoms with E-state index in [0.29, 0.717) is 26.5 Å². The number of halogens is 2. The van der Waals surface area contributed by atoms with Gasteiger partial charge in [-0.05, 0) is 56.1 Å². The normalized spacial score (nSPS) is 10.7. The number of rotatable bonds is 6. The van der Waals surface area contributed by atoms with Crippen LogP contribution < -0.4 is 10.6 Å². The first-order chi connectivity index (χ1) is 12.8. The fraction of sp³-hybridized carbons (Fsp3) is 0.125. The smallest absolute Gasteiger partial charge is 0.305 e. The molecule has 0 spiro atoms. The zero-order valence-corrected chi connectivity index (χ0v) is 17.5. The van der Waals surface area contributed by atoms with Crippen molar-refractivity contribution in [2.75, 3.05) is 11.9 Å². The number of nitrogens with zero attached hydrogens (tertiary/aromatic N) is 1. The number of anilines is 1. The lowest BCUT2D eigenvalue weighted by atomic mass is 10.2. The van der Waals surface area contributed by atoms with E-state index < -0.39 is 5.97 Å². The molecule has 0 fully saturated rings. The first kappa shape index (κ1) is 19.5. The Morgan fingerprint density at radius 3 is 2.63 bits per heavy atom. The fourth-order valence-corrected chi connectivity index (χ4v) is 3.75. The first-order valence-corrected chi connectivity index (χ1v) is 9.99. The molecule has 0 atom stereocenters. The van der Waals surface area contributed by atoms with Crippen LogP contribution in [0.4, 0.5) is 5.13 Å². The summed E-state index contributed by atoms with van der Waals surface area (Å²) < 4.78 is 2.12. The Bertz CT molecular complexity index is 1030. The van der Waals surface area contributed by atoms with Crippen molar-refractivity contribution in [2.24, 2.45) is 0 Å². The average molecular weight is 516 g/mol. The number of H-pyrrole nitrogens is 1. The molecule has 0 saturated carbocycles. The highest BCUT2D eigenvalue weighted by molar-refractivity contribution is 9.13. The lowest BCUT2D eigenvalue weighted by Crippen LogP contribution is -2.25. The minimum absolute atomic E-state index is 0.0530. The van der Waals surface area contributed by atoms with Gasteiger partial charge in [0.1, 0.15) is 5.69 Å². The van der Waals surface area contributed by atoms with Crippen LogP contribution in [0.2, 0.25) is 0 Å². The van der Waals surface area contributed by atoms with Crippen LogP contribution in [0.25, 0.3) is 10.2 Å². The third-order valence-corrected chi connectivity index (χ3v) is 6.18. The van der Waals surface area contributed by atoms with E-state index in [1.807, 2.05) is 0 Å². The SMILES string of the molecule is O=C(O)CCNC(=O)c1ccc2nc(NC(=O)c3cc(Br)c(Br)[nH]3)sc2c1. The van der Waals surface area contributed by atoms with Crippen LogP contribution in [-0.2, 0) is 4.79 Å². The highest BCUT2D eigenvalue weighted by Crippen LogP contribution is 2.28. The van der Waals surface area contributed by atoms with Gasteiger partial charge in [-0.15, -0.1) is 0 Å². The van der Waals surface area contributed by atoms with Gasteiger partial charge in [0, 0.05) is 12.1 Å². The number of carboxylic acids is 1. The Hall–Kier alpha value is -2.24. The second-order valence-electron chi connectivity index (χ2n) is 5.40. The molecule has 0 aliphatic carbocycles. The summed E-state index contributed by atoms with van der Waals surface area (Å²) in [5.41, 5.74) is 1.41. The number of hydrogen-bond donors (Lipinski definition) is 4. The Balaban J connectivity index is 1.72. The van der Waals surface area contributed by atoms with Crippen molar-refractivity contribution < 1.29 is 19.5 Å². The highest BCUT2D eigenvalue weighted by Gasteiger charge is 2.15. The summed E-state index contributed by atoms with van der Waals surface area (Å²) in [6.45, 7) is 0.0530. The molecule has 0 radical (unpaired) electrons. The lowest BCUT2D eigenvalue weighted by Gasteiger charge is -2.03. The van der Waals surface area contributed by atoms with Gasteiger partial charge >= 0.3 is 5.97 Å². The molecule has 8 nitrogen and oxygen atoms in total. The number of benzene rings is 1. The van der Waals surface area contributed by atoms with Gasteiger partial charge in [0.05, 0.1) is 25.7 Å². The molecule has 0 unspecified atom stereocenters. The van der Waals surface area contributed by atoms with E-state index in [-0.39, 0.29) is 24.8 Å². The second-order valence-corrected chi connectivity index (χ2v) is 8.08. The molecule has 0 aliphatic rings. The number of aliphatic carboxylic acids is 1. The number of amides is 2. The molecule has 3 aromatic rings. The molecule has 2 heterocycles. The number of aromatic nitrogens is 2. The molecule has 2 amide bonds. The lowest BCUT2D eigenvalue weighted by molar-refractivity contribution is -0.136. The van der Waals surface area contributed by atoms with Gasteiger partial charge < -0.3 is 15.4 Å². The third kappa shape index (κ3) is 4.73. The van der Waals surface area contributed by atoms with E-state index in [1.54, 1.807) is 24.3 Å². The Morgan fingerprint density at radius 2 is 1.96 bits per heavy atom. The third-order valence-electron chi connectivity index (χ3n) is 3.47. The van der Waals surface area contributed by atoms with Crippen molar-refractivity contribution in [3.63, 3.8) is 0 Å². The first-order valence-electron chi connectivity index (χ1n) is 7.59. The predicted molar refractivity (Wildman–Crippen MR) is 108 cm³/mol. The van der Waals surface area contributed by atoms with Crippen LogP contribution in [-0.4, -0.2) is 39.4 Å². The van der Waals surface area contributed by atoms with Crippen molar-refractivity contribution >= 4 is 76.3 Å². The molecule has 140 valence electrons. The number of nitrogens with one attached hydrogen (secondary N) is 3. The van der Waals surface area contributed by atoms with Crippen LogP contribution in [0.15, 0.2) is 33.3 Å². The number of carbonyl (C=O) groups is 3. The van der Waals surface area contributed by atoms with Gasteiger partial charge in [0.15, 0.2) is 5.13 Å². The maximum Gasteiger partial charge on any atom is 0.305 e. The van der Waals surface area contributed by atoms with Gasteiger partial charge in [-0.2, -0.15) is 0 Å². The Kier molecular flexibility index (Phi) is 5.92. The summed E-state index contributed by atoms with van der Waals surface area (Å²) >= 11 is 7.82. The molecule has 11 heteroatoms. The molecule has 2 aromatic heterocycles. The Morgan fingerprint density at radius 1 is 1.19 bits per heavy atom. The topological polar surface area (TPSA) is 124 Å². The standard InChI is InChI=1S/C16H12Br2N4O4S/c17-8-6-10(20-13(8)18)15(26)22-16-21-9-2-1-7(5-11(9)27-16)14(25)19-4-3-12(23)24/h1-2,5-6,20H,3-4H2,(H,19,25)(H,23,24)(H,21,22,26). The predicted octanol–water partition coefficient (Wildman–Crippen LogP) is 3.61. The van der Waals surface area contributed by atoms with Crippen molar-refractivity contribution in [2.45, 2.75) is 6.42 Å². The fourth-order valence-electron chi connectivity index (χ4n) is 2.20. The van der Waals surface area contributed by atoms with E-state index in [9.17, 15) is 14.4 Å². The van der Waals surface area contributed by atoms with Crippen LogP contribution in [0.1, 0.15) is 27.3 Å². The molecule has 27 heavy (non-hydrogen) atoms. The van der Waals surface area contributed by atoms with Gasteiger partial charge in [0.25, 0.3) is 11.8 Å². The quantitative estimate of drug-likeness (QED) is 0.399. The molecule has 3 rings (SSSR count). The Labute approximate surface area is 173 Å². The van der Waals surface area contributed by atoms with Crippen molar-refractivity contribution in [1.29, 1.82) is 0 Å². The van der Waals surface area contributed by atoms with Crippen LogP contribution in [0.5, 0.6) is 0 Å².